The molecule has 0 unspecified atom stereocenters. The van der Waals surface area contributed by atoms with Crippen molar-refractivity contribution < 1.29 is 27.4 Å². The van der Waals surface area contributed by atoms with E-state index in [1.165, 1.54) is 12.3 Å². The largest absolute Gasteiger partial charge is 0.494 e. The number of hydrogen-bond donors (Lipinski definition) is 1. The molecule has 0 saturated carbocycles. The highest BCUT2D eigenvalue weighted by Gasteiger charge is 2.29. The monoisotopic (exact) mass is 418 g/mol. The van der Waals surface area contributed by atoms with Crippen molar-refractivity contribution in [3.05, 3.63) is 46.6 Å². The second-order valence-electron chi connectivity index (χ2n) is 4.82. The first-order chi connectivity index (χ1) is 11.8. The minimum Gasteiger partial charge on any atom is -0.494 e. The Morgan fingerprint density at radius 2 is 1.92 bits per heavy atom. The molecule has 1 amide bonds. The summed E-state index contributed by atoms with van der Waals surface area (Å²) in [6.45, 7) is 0.825. The Labute approximate surface area is 150 Å². The molecule has 1 aromatic carbocycles. The maximum Gasteiger partial charge on any atom is 0.422 e. The molecule has 0 bridgehead atoms. The number of pyridine rings is 1. The normalized spacial score (nSPS) is 11.1. The summed E-state index contributed by atoms with van der Waals surface area (Å²) in [5, 5.41) is 2.49. The lowest BCUT2D eigenvalue weighted by molar-refractivity contribution is -0.153. The standard InChI is InChI=1S/C16H14BrF3N2O3/c1-2-24-12-5-3-10(4-6-12)14(23)22-13-7-11(17)8-21-15(13)25-9-16(18,19)20/h3-8H,2,9H2,1H3,(H,22,23). The molecule has 5 nitrogen and oxygen atoms in total. The van der Waals surface area contributed by atoms with E-state index >= 15 is 0 Å². The summed E-state index contributed by atoms with van der Waals surface area (Å²) in [4.78, 5) is 16.0. The van der Waals surface area contributed by atoms with Gasteiger partial charge < -0.3 is 14.8 Å². The van der Waals surface area contributed by atoms with Crippen molar-refractivity contribution in [3.8, 4) is 11.6 Å². The van der Waals surface area contributed by atoms with Crippen LogP contribution in [0.4, 0.5) is 18.9 Å². The van der Waals surface area contributed by atoms with Gasteiger partial charge in [-0.1, -0.05) is 0 Å². The lowest BCUT2D eigenvalue weighted by Crippen LogP contribution is -2.21. The highest BCUT2D eigenvalue weighted by atomic mass is 79.9. The molecule has 0 aliphatic heterocycles. The van der Waals surface area contributed by atoms with Crippen molar-refractivity contribution in [1.82, 2.24) is 4.98 Å². The van der Waals surface area contributed by atoms with Crippen molar-refractivity contribution in [2.45, 2.75) is 13.1 Å². The van der Waals surface area contributed by atoms with Crippen molar-refractivity contribution in [2.24, 2.45) is 0 Å². The summed E-state index contributed by atoms with van der Waals surface area (Å²) in [5.74, 6) is -0.225. The first-order valence-electron chi connectivity index (χ1n) is 7.18. The van der Waals surface area contributed by atoms with Crippen LogP contribution in [0.25, 0.3) is 0 Å². The van der Waals surface area contributed by atoms with Gasteiger partial charge in [-0.15, -0.1) is 0 Å². The predicted molar refractivity (Wildman–Crippen MR) is 89.1 cm³/mol. The quantitative estimate of drug-likeness (QED) is 0.753. The minimum atomic E-state index is -4.51. The molecule has 2 aromatic rings. The van der Waals surface area contributed by atoms with Crippen LogP contribution in [-0.2, 0) is 0 Å². The molecule has 0 spiro atoms. The van der Waals surface area contributed by atoms with E-state index in [9.17, 15) is 18.0 Å². The third kappa shape index (κ3) is 5.93. The van der Waals surface area contributed by atoms with Crippen LogP contribution in [0.3, 0.4) is 0 Å². The highest BCUT2D eigenvalue weighted by Crippen LogP contribution is 2.28. The molecule has 25 heavy (non-hydrogen) atoms. The summed E-state index contributed by atoms with van der Waals surface area (Å²) in [5.41, 5.74) is 0.336. The van der Waals surface area contributed by atoms with E-state index < -0.39 is 18.7 Å². The number of carbonyl (C=O) groups is 1. The summed E-state index contributed by atoms with van der Waals surface area (Å²) in [6, 6.07) is 7.74. The Morgan fingerprint density at radius 3 is 2.52 bits per heavy atom. The molecule has 0 aliphatic rings. The molecule has 1 aromatic heterocycles. The molecule has 134 valence electrons. The smallest absolute Gasteiger partial charge is 0.422 e. The summed E-state index contributed by atoms with van der Waals surface area (Å²) in [7, 11) is 0. The van der Waals surface area contributed by atoms with Crippen molar-refractivity contribution in [2.75, 3.05) is 18.5 Å². The van der Waals surface area contributed by atoms with Gasteiger partial charge >= 0.3 is 6.18 Å². The second-order valence-corrected chi connectivity index (χ2v) is 5.74. The van der Waals surface area contributed by atoms with Crippen LogP contribution in [-0.4, -0.2) is 30.3 Å². The zero-order valence-electron chi connectivity index (χ0n) is 13.1. The van der Waals surface area contributed by atoms with Crippen LogP contribution >= 0.6 is 15.9 Å². The Kier molecular flexibility index (Phi) is 6.24. The van der Waals surface area contributed by atoms with Gasteiger partial charge in [0.25, 0.3) is 5.91 Å². The van der Waals surface area contributed by atoms with Gasteiger partial charge in [0.2, 0.25) is 5.88 Å². The number of benzene rings is 1. The molecular weight excluding hydrogens is 405 g/mol. The predicted octanol–water partition coefficient (Wildman–Crippen LogP) is 4.44. The molecule has 0 fully saturated rings. The van der Waals surface area contributed by atoms with Crippen LogP contribution in [0.15, 0.2) is 41.0 Å². The van der Waals surface area contributed by atoms with E-state index in [2.05, 4.69) is 31.0 Å². The van der Waals surface area contributed by atoms with Gasteiger partial charge in [-0.05, 0) is 53.2 Å². The fourth-order valence-corrected chi connectivity index (χ4v) is 2.18. The average Bonchev–Trinajstić information content (AvgIpc) is 2.54. The molecule has 0 saturated heterocycles. The van der Waals surface area contributed by atoms with Gasteiger partial charge in [-0.2, -0.15) is 13.2 Å². The van der Waals surface area contributed by atoms with Crippen molar-refractivity contribution in [3.63, 3.8) is 0 Å². The van der Waals surface area contributed by atoms with E-state index in [1.807, 2.05) is 6.92 Å². The molecule has 2 rings (SSSR count). The molecule has 1 N–H and O–H groups in total. The molecule has 0 radical (unpaired) electrons. The molecule has 0 atom stereocenters. The van der Waals surface area contributed by atoms with Crippen LogP contribution < -0.4 is 14.8 Å². The first kappa shape index (κ1) is 19.0. The first-order valence-corrected chi connectivity index (χ1v) is 7.97. The third-order valence-corrected chi connectivity index (χ3v) is 3.30. The SMILES string of the molecule is CCOc1ccc(C(=O)Nc2cc(Br)cnc2OCC(F)(F)F)cc1. The summed E-state index contributed by atoms with van der Waals surface area (Å²) >= 11 is 3.15. The van der Waals surface area contributed by atoms with Crippen LogP contribution in [0.2, 0.25) is 0 Å². The average molecular weight is 419 g/mol. The third-order valence-electron chi connectivity index (χ3n) is 2.87. The Hall–Kier alpha value is -2.29. The zero-order chi connectivity index (χ0) is 18.4. The van der Waals surface area contributed by atoms with Gasteiger partial charge in [-0.3, -0.25) is 4.79 Å². The topological polar surface area (TPSA) is 60.5 Å². The number of nitrogens with zero attached hydrogens (tertiary/aromatic N) is 1. The van der Waals surface area contributed by atoms with E-state index in [0.29, 0.717) is 22.4 Å². The summed E-state index contributed by atoms with van der Waals surface area (Å²) < 4.78 is 47.4. The number of amides is 1. The zero-order valence-corrected chi connectivity index (χ0v) is 14.6. The lowest BCUT2D eigenvalue weighted by atomic mass is 10.2. The van der Waals surface area contributed by atoms with Crippen LogP contribution in [0.1, 0.15) is 17.3 Å². The van der Waals surface area contributed by atoms with Gasteiger partial charge in [0, 0.05) is 16.2 Å². The minimum absolute atomic E-state index is 0.0255. The number of halogens is 4. The van der Waals surface area contributed by atoms with Gasteiger partial charge in [0.15, 0.2) is 6.61 Å². The summed E-state index contributed by atoms with van der Waals surface area (Å²) in [6.07, 6.45) is -3.23. The number of alkyl halides is 3. The molecular formula is C16H14BrF3N2O3. The van der Waals surface area contributed by atoms with Crippen LogP contribution in [0, 0.1) is 0 Å². The number of nitrogens with one attached hydrogen (secondary N) is 1. The van der Waals surface area contributed by atoms with Crippen molar-refractivity contribution in [1.29, 1.82) is 0 Å². The highest BCUT2D eigenvalue weighted by molar-refractivity contribution is 9.10. The second kappa shape index (κ2) is 8.19. The number of ether oxygens (including phenoxy) is 2. The number of hydrogen-bond acceptors (Lipinski definition) is 4. The van der Waals surface area contributed by atoms with E-state index in [-0.39, 0.29) is 11.6 Å². The lowest BCUT2D eigenvalue weighted by Gasteiger charge is -2.13. The molecule has 0 aliphatic carbocycles. The van der Waals surface area contributed by atoms with E-state index in [4.69, 9.17) is 4.74 Å². The molecule has 9 heteroatoms. The number of anilines is 1. The van der Waals surface area contributed by atoms with Gasteiger partial charge in [0.1, 0.15) is 11.4 Å². The van der Waals surface area contributed by atoms with Crippen molar-refractivity contribution >= 4 is 27.5 Å². The molecule has 1 heterocycles. The number of aromatic nitrogens is 1. The van der Waals surface area contributed by atoms with E-state index in [1.54, 1.807) is 24.3 Å². The van der Waals surface area contributed by atoms with E-state index in [0.717, 1.165) is 0 Å². The maximum absolute atomic E-state index is 12.3. The van der Waals surface area contributed by atoms with Gasteiger partial charge in [0.05, 0.1) is 6.61 Å². The number of carbonyl (C=O) groups excluding carboxylic acids is 1. The van der Waals surface area contributed by atoms with Crippen LogP contribution in [0.5, 0.6) is 11.6 Å². The Balaban J connectivity index is 2.14. The Bertz CT molecular complexity index is 736. The fourth-order valence-electron chi connectivity index (χ4n) is 1.85. The Morgan fingerprint density at radius 1 is 1.24 bits per heavy atom. The van der Waals surface area contributed by atoms with Gasteiger partial charge in [-0.25, -0.2) is 4.98 Å². The fraction of sp³-hybridized carbons (Fsp3) is 0.250. The number of rotatable bonds is 6. The maximum atomic E-state index is 12.3.